The molecule has 2 unspecified atom stereocenters. The van der Waals surface area contributed by atoms with Gasteiger partial charge in [0.2, 0.25) is 6.23 Å². The zero-order valence-corrected chi connectivity index (χ0v) is 18.1. The molecule has 0 amide bonds. The van der Waals surface area contributed by atoms with Crippen LogP contribution in [0.4, 0.5) is 0 Å². The molecule has 0 radical (unpaired) electrons. The maximum Gasteiger partial charge on any atom is 0.217 e. The minimum atomic E-state index is -0.499. The Morgan fingerprint density at radius 1 is 0.906 bits per heavy atom. The second-order valence-corrected chi connectivity index (χ2v) is 7.65. The van der Waals surface area contributed by atoms with E-state index in [0.29, 0.717) is 29.2 Å². The van der Waals surface area contributed by atoms with Gasteiger partial charge in [0.1, 0.15) is 28.7 Å². The highest BCUT2D eigenvalue weighted by Gasteiger charge is 2.42. The SMILES string of the molecule is COc1ccc(C2Oc3ccccc3C3CC(c4cc(OC)ccc4O)=NN32)c(OC)c1. The number of hydrazone groups is 1. The summed E-state index contributed by atoms with van der Waals surface area (Å²) in [5, 5.41) is 17.4. The molecule has 0 spiro atoms. The molecule has 0 saturated carbocycles. The molecule has 3 aromatic carbocycles. The van der Waals surface area contributed by atoms with E-state index in [9.17, 15) is 5.11 Å². The van der Waals surface area contributed by atoms with Crippen LogP contribution in [0.15, 0.2) is 65.8 Å². The van der Waals surface area contributed by atoms with Crippen LogP contribution in [0.2, 0.25) is 0 Å². The van der Waals surface area contributed by atoms with Gasteiger partial charge in [0.05, 0.1) is 38.6 Å². The number of hydrogen-bond donors (Lipinski definition) is 1. The van der Waals surface area contributed by atoms with Crippen LogP contribution in [-0.2, 0) is 0 Å². The number of hydrogen-bond acceptors (Lipinski definition) is 7. The molecule has 7 heteroatoms. The highest BCUT2D eigenvalue weighted by Crippen LogP contribution is 2.49. The molecular formula is C25H24N2O5. The van der Waals surface area contributed by atoms with Gasteiger partial charge in [0, 0.05) is 23.6 Å². The third-order valence-corrected chi connectivity index (χ3v) is 5.92. The Bertz CT molecular complexity index is 1190. The van der Waals surface area contributed by atoms with E-state index in [2.05, 4.69) is 6.07 Å². The largest absolute Gasteiger partial charge is 0.507 e. The Morgan fingerprint density at radius 2 is 1.66 bits per heavy atom. The molecule has 0 aromatic heterocycles. The molecule has 1 N–H and O–H groups in total. The number of phenols is 1. The maximum atomic E-state index is 10.5. The van der Waals surface area contributed by atoms with E-state index >= 15 is 0 Å². The summed E-state index contributed by atoms with van der Waals surface area (Å²) in [4.78, 5) is 0. The molecule has 0 bridgehead atoms. The van der Waals surface area contributed by atoms with E-state index in [4.69, 9.17) is 24.0 Å². The van der Waals surface area contributed by atoms with Gasteiger partial charge in [-0.15, -0.1) is 0 Å². The van der Waals surface area contributed by atoms with Crippen LogP contribution >= 0.6 is 0 Å². The van der Waals surface area contributed by atoms with Gasteiger partial charge in [-0.3, -0.25) is 0 Å². The van der Waals surface area contributed by atoms with Crippen molar-refractivity contribution in [1.82, 2.24) is 5.01 Å². The summed E-state index contributed by atoms with van der Waals surface area (Å²) < 4.78 is 22.8. The molecule has 32 heavy (non-hydrogen) atoms. The molecule has 2 heterocycles. The average molecular weight is 432 g/mol. The topological polar surface area (TPSA) is 72.8 Å². The van der Waals surface area contributed by atoms with Crippen molar-refractivity contribution in [3.05, 3.63) is 77.4 Å². The molecule has 7 nitrogen and oxygen atoms in total. The van der Waals surface area contributed by atoms with E-state index in [1.165, 1.54) is 0 Å². The van der Waals surface area contributed by atoms with Gasteiger partial charge >= 0.3 is 0 Å². The van der Waals surface area contributed by atoms with E-state index in [0.717, 1.165) is 22.6 Å². The lowest BCUT2D eigenvalue weighted by Crippen LogP contribution is -2.33. The summed E-state index contributed by atoms with van der Waals surface area (Å²) in [7, 11) is 4.85. The number of benzene rings is 3. The lowest BCUT2D eigenvalue weighted by atomic mass is 9.95. The van der Waals surface area contributed by atoms with Gasteiger partial charge in [-0.25, -0.2) is 5.01 Å². The molecule has 5 rings (SSSR count). The monoisotopic (exact) mass is 432 g/mol. The first-order chi connectivity index (χ1) is 15.6. The summed E-state index contributed by atoms with van der Waals surface area (Å²) in [5.41, 5.74) is 3.31. The standard InChI is InChI=1S/C25H24N2O5/c1-29-15-9-11-22(28)19(12-15)20-14-21-17-6-4-5-7-23(17)32-25(27(21)26-20)18-10-8-16(30-2)13-24(18)31-3/h4-13,21,25,28H,14H2,1-3H3. The Kier molecular flexibility index (Phi) is 5.01. The maximum absolute atomic E-state index is 10.5. The van der Waals surface area contributed by atoms with E-state index in [1.807, 2.05) is 47.5 Å². The number of ether oxygens (including phenoxy) is 4. The van der Waals surface area contributed by atoms with Crippen molar-refractivity contribution in [3.8, 4) is 28.7 Å². The number of fused-ring (bicyclic) bond motifs is 3. The lowest BCUT2D eigenvalue weighted by molar-refractivity contribution is -0.0203. The normalized spacial score (nSPS) is 18.8. The summed E-state index contributed by atoms with van der Waals surface area (Å²) in [6.45, 7) is 0. The smallest absolute Gasteiger partial charge is 0.217 e. The van der Waals surface area contributed by atoms with Crippen LogP contribution < -0.4 is 18.9 Å². The van der Waals surface area contributed by atoms with Crippen LogP contribution in [0.5, 0.6) is 28.7 Å². The number of aromatic hydroxyl groups is 1. The van der Waals surface area contributed by atoms with Crippen molar-refractivity contribution >= 4 is 5.71 Å². The Labute approximate surface area is 186 Å². The fourth-order valence-corrected chi connectivity index (χ4v) is 4.30. The number of rotatable bonds is 5. The Balaban J connectivity index is 1.62. The van der Waals surface area contributed by atoms with Crippen molar-refractivity contribution < 1.29 is 24.1 Å². The van der Waals surface area contributed by atoms with Crippen molar-refractivity contribution in [2.24, 2.45) is 5.10 Å². The van der Waals surface area contributed by atoms with E-state index < -0.39 is 6.23 Å². The summed E-state index contributed by atoms with van der Waals surface area (Å²) in [6.07, 6.45) is 0.122. The van der Waals surface area contributed by atoms with Crippen molar-refractivity contribution in [2.75, 3.05) is 21.3 Å². The Morgan fingerprint density at radius 3 is 2.44 bits per heavy atom. The minimum absolute atomic E-state index is 0.0441. The van der Waals surface area contributed by atoms with Crippen molar-refractivity contribution in [2.45, 2.75) is 18.7 Å². The van der Waals surface area contributed by atoms with Crippen molar-refractivity contribution in [3.63, 3.8) is 0 Å². The van der Waals surface area contributed by atoms with Crippen molar-refractivity contribution in [1.29, 1.82) is 0 Å². The molecule has 164 valence electrons. The Hall–Kier alpha value is -3.87. The second kappa shape index (κ2) is 8.00. The van der Waals surface area contributed by atoms with Crippen LogP contribution in [0.3, 0.4) is 0 Å². The fraction of sp³-hybridized carbons (Fsp3) is 0.240. The highest BCUT2D eigenvalue weighted by atomic mass is 16.5. The summed E-state index contributed by atoms with van der Waals surface area (Å²) in [5.74, 6) is 2.99. The van der Waals surface area contributed by atoms with Gasteiger partial charge in [-0.1, -0.05) is 18.2 Å². The highest BCUT2D eigenvalue weighted by molar-refractivity contribution is 6.04. The molecule has 2 aliphatic heterocycles. The molecule has 3 aromatic rings. The van der Waals surface area contributed by atoms with E-state index in [-0.39, 0.29) is 11.8 Å². The molecule has 0 saturated heterocycles. The molecule has 0 aliphatic carbocycles. The summed E-state index contributed by atoms with van der Waals surface area (Å²) >= 11 is 0. The quantitative estimate of drug-likeness (QED) is 0.632. The van der Waals surface area contributed by atoms with Crippen LogP contribution in [-0.4, -0.2) is 37.2 Å². The van der Waals surface area contributed by atoms with Gasteiger partial charge < -0.3 is 24.1 Å². The predicted molar refractivity (Wildman–Crippen MR) is 120 cm³/mol. The predicted octanol–water partition coefficient (Wildman–Crippen LogP) is 4.66. The number of nitrogens with zero attached hydrogens (tertiary/aromatic N) is 2. The second-order valence-electron chi connectivity index (χ2n) is 7.65. The first kappa shape index (κ1) is 20.1. The van der Waals surface area contributed by atoms with E-state index in [1.54, 1.807) is 33.5 Å². The fourth-order valence-electron chi connectivity index (χ4n) is 4.30. The lowest BCUT2D eigenvalue weighted by Gasteiger charge is -2.38. The molecular weight excluding hydrogens is 408 g/mol. The average Bonchev–Trinajstić information content (AvgIpc) is 3.29. The van der Waals surface area contributed by atoms with Crippen LogP contribution in [0.25, 0.3) is 0 Å². The zero-order chi connectivity index (χ0) is 22.2. The molecule has 0 fully saturated rings. The number of methoxy groups -OCH3 is 3. The van der Waals surface area contributed by atoms with Gasteiger partial charge in [-0.05, 0) is 36.4 Å². The molecule has 2 aliphatic rings. The number of phenolic OH excluding ortho intramolecular Hbond substituents is 1. The first-order valence-corrected chi connectivity index (χ1v) is 10.3. The summed E-state index contributed by atoms with van der Waals surface area (Å²) in [6, 6.07) is 18.7. The first-order valence-electron chi connectivity index (χ1n) is 10.3. The third-order valence-electron chi connectivity index (χ3n) is 5.92. The zero-order valence-electron chi connectivity index (χ0n) is 18.1. The van der Waals surface area contributed by atoms with Gasteiger partial charge in [0.25, 0.3) is 0 Å². The van der Waals surface area contributed by atoms with Crippen LogP contribution in [0.1, 0.15) is 35.4 Å². The number of para-hydroxylation sites is 1. The van der Waals surface area contributed by atoms with Gasteiger partial charge in [0.15, 0.2) is 0 Å². The molecule has 2 atom stereocenters. The van der Waals surface area contributed by atoms with Gasteiger partial charge in [-0.2, -0.15) is 5.10 Å². The third kappa shape index (κ3) is 3.26. The minimum Gasteiger partial charge on any atom is -0.507 e. The van der Waals surface area contributed by atoms with Crippen LogP contribution in [0, 0.1) is 0 Å².